The molecular formula is C21H25N5S. The quantitative estimate of drug-likeness (QED) is 0.496. The van der Waals surface area contributed by atoms with Gasteiger partial charge in [0.1, 0.15) is 11.2 Å². The van der Waals surface area contributed by atoms with Gasteiger partial charge >= 0.3 is 0 Å². The van der Waals surface area contributed by atoms with Gasteiger partial charge in [0, 0.05) is 17.3 Å². The third-order valence-electron chi connectivity index (χ3n) is 5.95. The summed E-state index contributed by atoms with van der Waals surface area (Å²) >= 11 is 1.81. The Balaban J connectivity index is 1.65. The fourth-order valence-corrected chi connectivity index (χ4v) is 4.95. The fourth-order valence-electron chi connectivity index (χ4n) is 3.77. The summed E-state index contributed by atoms with van der Waals surface area (Å²) < 4.78 is 0. The molecule has 0 aromatic carbocycles. The lowest BCUT2D eigenvalue weighted by atomic mass is 9.69. The number of anilines is 1. The zero-order chi connectivity index (χ0) is 18.9. The molecule has 0 saturated carbocycles. The number of fused-ring (bicyclic) bond motifs is 3. The molecule has 0 spiro atoms. The summed E-state index contributed by atoms with van der Waals surface area (Å²) in [6.07, 6.45) is 11.6. The molecule has 6 heteroatoms. The molecule has 27 heavy (non-hydrogen) atoms. The first kappa shape index (κ1) is 18.0. The van der Waals surface area contributed by atoms with Crippen LogP contribution in [0.25, 0.3) is 10.2 Å². The van der Waals surface area contributed by atoms with E-state index in [9.17, 15) is 0 Å². The van der Waals surface area contributed by atoms with Crippen LogP contribution < -0.4 is 5.43 Å². The molecule has 0 aliphatic heterocycles. The average Bonchev–Trinajstić information content (AvgIpc) is 3.07. The lowest BCUT2D eigenvalue weighted by Crippen LogP contribution is -2.28. The Labute approximate surface area is 164 Å². The predicted molar refractivity (Wildman–Crippen MR) is 112 cm³/mol. The van der Waals surface area contributed by atoms with Crippen LogP contribution in [0.3, 0.4) is 0 Å². The van der Waals surface area contributed by atoms with Gasteiger partial charge in [-0.25, -0.2) is 9.97 Å². The Morgan fingerprint density at radius 2 is 2.11 bits per heavy atom. The summed E-state index contributed by atoms with van der Waals surface area (Å²) in [5, 5.41) is 5.54. The molecule has 0 fully saturated rings. The van der Waals surface area contributed by atoms with Crippen molar-refractivity contribution in [1.82, 2.24) is 15.0 Å². The molecule has 4 rings (SSSR count). The van der Waals surface area contributed by atoms with E-state index >= 15 is 0 Å². The fraction of sp³-hybridized carbons (Fsp3) is 0.429. The Hall–Kier alpha value is -2.34. The summed E-state index contributed by atoms with van der Waals surface area (Å²) in [5.41, 5.74) is 5.93. The van der Waals surface area contributed by atoms with Crippen LogP contribution in [0.2, 0.25) is 0 Å². The van der Waals surface area contributed by atoms with Crippen molar-refractivity contribution < 1.29 is 0 Å². The third-order valence-corrected chi connectivity index (χ3v) is 7.15. The van der Waals surface area contributed by atoms with Crippen molar-refractivity contribution in [2.45, 2.75) is 46.5 Å². The van der Waals surface area contributed by atoms with Gasteiger partial charge in [-0.2, -0.15) is 5.10 Å². The molecule has 3 aromatic rings. The molecule has 1 aliphatic rings. The number of hydrogen-bond acceptors (Lipinski definition) is 6. The van der Waals surface area contributed by atoms with Crippen molar-refractivity contribution >= 4 is 33.6 Å². The Morgan fingerprint density at radius 3 is 2.89 bits per heavy atom. The highest BCUT2D eigenvalue weighted by molar-refractivity contribution is 7.19. The topological polar surface area (TPSA) is 63.1 Å². The molecule has 3 aromatic heterocycles. The van der Waals surface area contributed by atoms with Crippen LogP contribution in [0.5, 0.6) is 0 Å². The molecular weight excluding hydrogens is 354 g/mol. The smallest absolute Gasteiger partial charge is 0.158 e. The molecule has 1 aliphatic carbocycles. The van der Waals surface area contributed by atoms with Gasteiger partial charge in [0.15, 0.2) is 5.82 Å². The van der Waals surface area contributed by atoms with E-state index in [2.05, 4.69) is 46.3 Å². The number of rotatable bonds is 5. The molecule has 0 amide bonds. The first-order valence-electron chi connectivity index (χ1n) is 9.53. The number of pyridine rings is 1. The van der Waals surface area contributed by atoms with Crippen LogP contribution in [-0.2, 0) is 12.8 Å². The van der Waals surface area contributed by atoms with E-state index in [1.54, 1.807) is 24.9 Å². The van der Waals surface area contributed by atoms with Crippen LogP contribution in [0.4, 0.5) is 5.82 Å². The maximum atomic E-state index is 4.53. The first-order valence-corrected chi connectivity index (χ1v) is 10.3. The van der Waals surface area contributed by atoms with Crippen LogP contribution >= 0.6 is 11.3 Å². The molecule has 1 N–H and O–H groups in total. The van der Waals surface area contributed by atoms with E-state index in [0.717, 1.165) is 34.4 Å². The molecule has 3 heterocycles. The van der Waals surface area contributed by atoms with Crippen molar-refractivity contribution in [3.8, 4) is 0 Å². The first-order chi connectivity index (χ1) is 13.1. The van der Waals surface area contributed by atoms with Crippen LogP contribution in [-0.4, -0.2) is 21.2 Å². The second kappa shape index (κ2) is 7.35. The van der Waals surface area contributed by atoms with E-state index in [0.29, 0.717) is 11.3 Å². The van der Waals surface area contributed by atoms with Gasteiger partial charge in [-0.15, -0.1) is 11.3 Å². The second-order valence-corrected chi connectivity index (χ2v) is 8.92. The number of hydrogen-bond donors (Lipinski definition) is 1. The molecule has 0 radical (unpaired) electrons. The zero-order valence-electron chi connectivity index (χ0n) is 16.1. The monoisotopic (exact) mass is 379 g/mol. The number of nitrogens with one attached hydrogen (secondary N) is 1. The molecule has 1 atom stereocenters. The van der Waals surface area contributed by atoms with Crippen LogP contribution in [0, 0.1) is 11.3 Å². The zero-order valence-corrected chi connectivity index (χ0v) is 16.9. The summed E-state index contributed by atoms with van der Waals surface area (Å²) in [6, 6.07) is 3.84. The maximum absolute atomic E-state index is 4.53. The van der Waals surface area contributed by atoms with E-state index < -0.39 is 0 Å². The molecule has 5 nitrogen and oxygen atoms in total. The summed E-state index contributed by atoms with van der Waals surface area (Å²) in [6.45, 7) is 7.09. The summed E-state index contributed by atoms with van der Waals surface area (Å²) in [7, 11) is 0. The number of hydrazone groups is 1. The SMILES string of the molecule is CCC(C)(C)C1CCc2sc3ncnc(N/N=C\c4ccncc4)c3c2C1. The molecule has 140 valence electrons. The van der Waals surface area contributed by atoms with Crippen molar-refractivity contribution in [2.75, 3.05) is 5.43 Å². The van der Waals surface area contributed by atoms with E-state index in [4.69, 9.17) is 0 Å². The number of aryl methyl sites for hydroxylation is 1. The Morgan fingerprint density at radius 1 is 1.30 bits per heavy atom. The number of thiophene rings is 1. The lowest BCUT2D eigenvalue weighted by molar-refractivity contribution is 0.184. The van der Waals surface area contributed by atoms with Gasteiger partial charge in [0.05, 0.1) is 11.6 Å². The minimum absolute atomic E-state index is 0.356. The van der Waals surface area contributed by atoms with Gasteiger partial charge in [-0.3, -0.25) is 10.4 Å². The summed E-state index contributed by atoms with van der Waals surface area (Å²) in [4.78, 5) is 15.6. The second-order valence-electron chi connectivity index (χ2n) is 7.84. The predicted octanol–water partition coefficient (Wildman–Crippen LogP) is 5.07. The van der Waals surface area contributed by atoms with Crippen molar-refractivity contribution in [3.63, 3.8) is 0 Å². The van der Waals surface area contributed by atoms with Crippen LogP contribution in [0.1, 0.15) is 49.6 Å². The highest BCUT2D eigenvalue weighted by atomic mass is 32.1. The third kappa shape index (κ3) is 3.58. The maximum Gasteiger partial charge on any atom is 0.158 e. The Kier molecular flexibility index (Phi) is 4.91. The van der Waals surface area contributed by atoms with Crippen molar-refractivity contribution in [3.05, 3.63) is 46.9 Å². The van der Waals surface area contributed by atoms with Crippen molar-refractivity contribution in [2.24, 2.45) is 16.4 Å². The molecule has 0 saturated heterocycles. The van der Waals surface area contributed by atoms with Crippen molar-refractivity contribution in [1.29, 1.82) is 0 Å². The Bertz CT molecular complexity index is 961. The minimum atomic E-state index is 0.356. The largest absolute Gasteiger partial charge is 0.265 e. The van der Waals surface area contributed by atoms with Gasteiger partial charge in [0.25, 0.3) is 0 Å². The molecule has 0 bridgehead atoms. The highest BCUT2D eigenvalue weighted by Gasteiger charge is 2.33. The van der Waals surface area contributed by atoms with E-state index in [1.807, 2.05) is 23.5 Å². The van der Waals surface area contributed by atoms with Gasteiger partial charge in [-0.05, 0) is 53.9 Å². The average molecular weight is 380 g/mol. The minimum Gasteiger partial charge on any atom is -0.265 e. The highest BCUT2D eigenvalue weighted by Crippen LogP contribution is 2.45. The van der Waals surface area contributed by atoms with Gasteiger partial charge < -0.3 is 0 Å². The lowest BCUT2D eigenvalue weighted by Gasteiger charge is -2.36. The normalized spacial score (nSPS) is 17.4. The summed E-state index contributed by atoms with van der Waals surface area (Å²) in [5.74, 6) is 1.50. The van der Waals surface area contributed by atoms with Gasteiger partial charge in [-0.1, -0.05) is 27.2 Å². The number of nitrogens with zero attached hydrogens (tertiary/aromatic N) is 4. The van der Waals surface area contributed by atoms with Crippen LogP contribution in [0.15, 0.2) is 36.0 Å². The van der Waals surface area contributed by atoms with E-state index in [-0.39, 0.29) is 0 Å². The van der Waals surface area contributed by atoms with Gasteiger partial charge in [0.2, 0.25) is 0 Å². The standard InChI is InChI=1S/C21H25N5S/c1-4-21(2,3)15-5-6-17-16(11-15)18-19(23-13-24-20(18)27-17)26-25-12-14-7-9-22-10-8-14/h7-10,12-13,15H,4-6,11H2,1-3H3,(H,23,24,26)/b25-12-. The van der Waals surface area contributed by atoms with E-state index in [1.165, 1.54) is 23.3 Å². The number of aromatic nitrogens is 3. The molecule has 1 unspecified atom stereocenters.